The van der Waals surface area contributed by atoms with Crippen LogP contribution < -0.4 is 20.5 Å². The molecule has 6 bridgehead atoms. The molecule has 16 heteroatoms. The predicted molar refractivity (Wildman–Crippen MR) is 200 cm³/mol. The van der Waals surface area contributed by atoms with E-state index in [1.165, 1.54) is 25.1 Å². The molecule has 3 aromatic carbocycles. The van der Waals surface area contributed by atoms with Crippen LogP contribution in [0.4, 0.5) is 32.0 Å². The van der Waals surface area contributed by atoms with Gasteiger partial charge in [0, 0.05) is 60.3 Å². The monoisotopic (exact) mass is 810 g/mol. The number of pyridine rings is 1. The fraction of sp³-hybridized carbons (Fsp3) is 0.405. The minimum absolute atomic E-state index is 0.00132. The molecule has 0 radical (unpaired) electrons. The van der Waals surface area contributed by atoms with Crippen molar-refractivity contribution >= 4 is 17.6 Å². The zero-order valence-electron chi connectivity index (χ0n) is 31.5. The van der Waals surface area contributed by atoms with Crippen LogP contribution in [0.1, 0.15) is 64.7 Å². The Balaban J connectivity index is 1.33. The number of hydrogen-bond acceptors (Lipinski definition) is 7. The molecule has 5 heterocycles. The number of amides is 1. The highest BCUT2D eigenvalue weighted by atomic mass is 19.4. The van der Waals surface area contributed by atoms with E-state index in [9.17, 15) is 37.1 Å². The van der Waals surface area contributed by atoms with Gasteiger partial charge >= 0.3 is 12.1 Å². The Bertz CT molecular complexity index is 2350. The first-order valence-electron chi connectivity index (χ1n) is 19.0. The molecule has 2 unspecified atom stereocenters. The van der Waals surface area contributed by atoms with Gasteiger partial charge in [0.1, 0.15) is 35.3 Å². The first-order chi connectivity index (χ1) is 27.5. The second kappa shape index (κ2) is 15.1. The van der Waals surface area contributed by atoms with Gasteiger partial charge in [0.2, 0.25) is 5.91 Å². The third-order valence-electron chi connectivity index (χ3n) is 11.6. The van der Waals surface area contributed by atoms with E-state index in [2.05, 4.69) is 10.2 Å². The zero-order valence-corrected chi connectivity index (χ0v) is 31.5. The number of carboxylic acids is 1. The number of nitrogens with zero attached hydrogens (tertiary/aromatic N) is 3. The van der Waals surface area contributed by atoms with Gasteiger partial charge in [-0.15, -0.1) is 0 Å². The topological polar surface area (TPSA) is 113 Å². The number of aliphatic carboxylic acids is 1. The van der Waals surface area contributed by atoms with Crippen molar-refractivity contribution in [3.63, 3.8) is 0 Å². The van der Waals surface area contributed by atoms with Crippen molar-refractivity contribution in [2.45, 2.75) is 76.0 Å². The van der Waals surface area contributed by atoms with E-state index < -0.39 is 76.6 Å². The molecular weight excluding hydrogens is 770 g/mol. The van der Waals surface area contributed by atoms with Crippen LogP contribution >= 0.6 is 0 Å². The van der Waals surface area contributed by atoms with Crippen LogP contribution in [0.5, 0.6) is 11.5 Å². The molecule has 2 N–H and O–H groups in total. The summed E-state index contributed by atoms with van der Waals surface area (Å²) in [6.45, 7) is 4.43. The van der Waals surface area contributed by atoms with Crippen LogP contribution in [-0.4, -0.2) is 77.6 Å². The van der Waals surface area contributed by atoms with Crippen molar-refractivity contribution in [2.75, 3.05) is 37.7 Å². The first-order valence-corrected chi connectivity index (χ1v) is 19.0. The lowest BCUT2D eigenvalue weighted by Gasteiger charge is -2.37. The maximum absolute atomic E-state index is 16.2. The van der Waals surface area contributed by atoms with Crippen LogP contribution in [0.25, 0.3) is 11.1 Å². The summed E-state index contributed by atoms with van der Waals surface area (Å²) in [6, 6.07) is 7.15. The molecule has 0 aliphatic carbocycles. The van der Waals surface area contributed by atoms with Crippen molar-refractivity contribution in [2.24, 2.45) is 0 Å². The SMILES string of the molecule is Cc1cc2cc(c1F)[C@@H](CC(=O)O)NC(=O)[C@H](n1cc(CCN3CC(F)C3)c(C(F)(F)F)cc1=O)c1cc(ccc1F)Oc1cc(N3C4CCC3COC4)cc(C)c1-2. The van der Waals surface area contributed by atoms with Gasteiger partial charge in [-0.3, -0.25) is 23.9 Å². The van der Waals surface area contributed by atoms with Gasteiger partial charge < -0.3 is 24.8 Å². The van der Waals surface area contributed by atoms with E-state index in [4.69, 9.17) is 9.47 Å². The van der Waals surface area contributed by atoms with Gasteiger partial charge in [-0.2, -0.15) is 13.2 Å². The van der Waals surface area contributed by atoms with Gasteiger partial charge in [0.15, 0.2) is 0 Å². The number of nitrogens with one attached hydrogen (secondary N) is 1. The molecule has 3 saturated heterocycles. The zero-order chi connectivity index (χ0) is 41.2. The molecule has 0 saturated carbocycles. The van der Waals surface area contributed by atoms with Crippen molar-refractivity contribution in [1.82, 2.24) is 14.8 Å². The number of ether oxygens (including phenoxy) is 2. The number of fused-ring (bicyclic) bond motifs is 8. The minimum Gasteiger partial charge on any atom is -0.481 e. The second-order valence-corrected chi connectivity index (χ2v) is 15.6. The summed E-state index contributed by atoms with van der Waals surface area (Å²) in [5.41, 5.74) is -1.11. The van der Waals surface area contributed by atoms with E-state index in [1.807, 2.05) is 19.1 Å². The average Bonchev–Trinajstić information content (AvgIpc) is 3.39. The molecule has 1 aromatic heterocycles. The number of halogens is 6. The van der Waals surface area contributed by atoms with Gasteiger partial charge in [0.25, 0.3) is 5.56 Å². The smallest absolute Gasteiger partial charge is 0.416 e. The molecule has 58 heavy (non-hydrogen) atoms. The van der Waals surface area contributed by atoms with Crippen LogP contribution in [0.2, 0.25) is 0 Å². The largest absolute Gasteiger partial charge is 0.481 e. The Morgan fingerprint density at radius 2 is 1.67 bits per heavy atom. The molecule has 4 aromatic rings. The Hall–Kier alpha value is -5.35. The minimum atomic E-state index is -4.99. The number of benzene rings is 3. The van der Waals surface area contributed by atoms with E-state index >= 15 is 8.78 Å². The van der Waals surface area contributed by atoms with Gasteiger partial charge in [0.05, 0.1) is 43.3 Å². The number of anilines is 1. The molecular formula is C42H40F6N4O6. The summed E-state index contributed by atoms with van der Waals surface area (Å²) < 4.78 is 102. The highest BCUT2D eigenvalue weighted by molar-refractivity contribution is 5.86. The average molecular weight is 811 g/mol. The predicted octanol–water partition coefficient (Wildman–Crippen LogP) is 7.02. The number of rotatable bonds is 7. The van der Waals surface area contributed by atoms with Gasteiger partial charge in [-0.25, -0.2) is 13.2 Å². The molecule has 10 nitrogen and oxygen atoms in total. The molecule has 4 aliphatic rings. The summed E-state index contributed by atoms with van der Waals surface area (Å²) in [5, 5.41) is 12.5. The van der Waals surface area contributed by atoms with E-state index in [0.717, 1.165) is 30.8 Å². The van der Waals surface area contributed by atoms with Crippen LogP contribution in [0.15, 0.2) is 59.5 Å². The first kappa shape index (κ1) is 39.5. The number of alkyl halides is 4. The van der Waals surface area contributed by atoms with Crippen molar-refractivity contribution in [3.05, 3.63) is 110 Å². The number of carbonyl (C=O) groups excluding carboxylic acids is 1. The lowest BCUT2D eigenvalue weighted by atomic mass is 9.91. The van der Waals surface area contributed by atoms with Gasteiger partial charge in [-0.05, 0) is 91.8 Å². The summed E-state index contributed by atoms with van der Waals surface area (Å²) in [4.78, 5) is 44.4. The van der Waals surface area contributed by atoms with E-state index in [1.54, 1.807) is 11.0 Å². The third kappa shape index (κ3) is 7.43. The van der Waals surface area contributed by atoms with Crippen LogP contribution in [0, 0.1) is 25.5 Å². The molecule has 3 fully saturated rings. The number of hydrogen-bond donors (Lipinski definition) is 2. The van der Waals surface area contributed by atoms with Gasteiger partial charge in [-0.1, -0.05) is 0 Å². The number of carboxylic acid groups (broad SMARTS) is 1. The molecule has 4 atom stereocenters. The van der Waals surface area contributed by atoms with Crippen molar-refractivity contribution in [1.29, 1.82) is 0 Å². The Kier molecular flexibility index (Phi) is 10.3. The summed E-state index contributed by atoms with van der Waals surface area (Å²) in [7, 11) is 0. The number of morpholine rings is 1. The Morgan fingerprint density at radius 1 is 0.948 bits per heavy atom. The fourth-order valence-corrected chi connectivity index (χ4v) is 8.81. The highest BCUT2D eigenvalue weighted by Crippen LogP contribution is 2.45. The van der Waals surface area contributed by atoms with Crippen LogP contribution in [0.3, 0.4) is 0 Å². The molecule has 8 rings (SSSR count). The Labute approximate surface area is 329 Å². The maximum Gasteiger partial charge on any atom is 0.416 e. The number of carbonyl (C=O) groups is 2. The summed E-state index contributed by atoms with van der Waals surface area (Å²) >= 11 is 0. The molecule has 0 spiro atoms. The molecule has 4 aliphatic heterocycles. The number of aryl methyl sites for hydroxylation is 2. The lowest BCUT2D eigenvalue weighted by Crippen LogP contribution is -2.49. The summed E-state index contributed by atoms with van der Waals surface area (Å²) in [5.74, 6) is -4.20. The Morgan fingerprint density at radius 3 is 2.34 bits per heavy atom. The van der Waals surface area contributed by atoms with Crippen molar-refractivity contribution in [3.8, 4) is 22.6 Å². The second-order valence-electron chi connectivity index (χ2n) is 15.6. The van der Waals surface area contributed by atoms with Crippen molar-refractivity contribution < 1.29 is 50.5 Å². The number of aromatic nitrogens is 1. The molecule has 306 valence electrons. The highest BCUT2D eigenvalue weighted by Gasteiger charge is 2.40. The summed E-state index contributed by atoms with van der Waals surface area (Å²) in [6.07, 6.45) is -4.61. The third-order valence-corrected chi connectivity index (χ3v) is 11.6. The lowest BCUT2D eigenvalue weighted by molar-refractivity contribution is -0.139. The maximum atomic E-state index is 16.2. The standard InChI is InChI=1S/C42H40F6N4O6/c1-21-10-28(52-26-3-4-27(52)20-57-19-26)12-35-38(21)24-9-22(2)39(45)31(11-24)34(15-37(54)55)49-41(56)40(30-13-29(58-35)5-6-33(30)44)51-16-23(7-8-50-17-25(43)18-50)32(14-36(51)53)42(46,47)48/h5-6,9-14,16,25-27,34,40H,3-4,7-8,15,17-20H2,1-2H3,(H,49,56)(H,54,55)/t26?,27?,34-,40-/m1/s1. The normalized spacial score (nSPS) is 22.2. The molecule has 1 amide bonds. The number of likely N-dealkylation sites (tertiary alicyclic amines) is 1. The van der Waals surface area contributed by atoms with Crippen LogP contribution in [-0.2, 0) is 26.9 Å². The quantitative estimate of drug-likeness (QED) is 0.192. The van der Waals surface area contributed by atoms with E-state index in [0.29, 0.717) is 40.5 Å². The fourth-order valence-electron chi connectivity index (χ4n) is 8.81. The van der Waals surface area contributed by atoms with E-state index in [-0.39, 0.29) is 60.8 Å².